The van der Waals surface area contributed by atoms with E-state index in [0.717, 1.165) is 73.7 Å². The highest BCUT2D eigenvalue weighted by molar-refractivity contribution is 5.98. The zero-order valence-corrected chi connectivity index (χ0v) is 18.2. The van der Waals surface area contributed by atoms with Crippen LogP contribution in [0.1, 0.15) is 78.5 Å². The van der Waals surface area contributed by atoms with Crippen molar-refractivity contribution in [1.29, 1.82) is 0 Å². The van der Waals surface area contributed by atoms with Crippen LogP contribution in [-0.4, -0.2) is 21.4 Å². The van der Waals surface area contributed by atoms with Crippen LogP contribution in [0.4, 0.5) is 17.2 Å². The van der Waals surface area contributed by atoms with Crippen LogP contribution in [0.2, 0.25) is 0 Å². The summed E-state index contributed by atoms with van der Waals surface area (Å²) in [5, 5.41) is 9.38. The molecule has 0 bridgehead atoms. The van der Waals surface area contributed by atoms with E-state index in [-0.39, 0.29) is 23.3 Å². The molecule has 0 radical (unpaired) electrons. The number of rotatable bonds is 2. The van der Waals surface area contributed by atoms with Gasteiger partial charge >= 0.3 is 0 Å². The Labute approximate surface area is 185 Å². The van der Waals surface area contributed by atoms with Crippen LogP contribution in [0, 0.1) is 12.8 Å². The minimum Gasteiger partial charge on any atom is -0.350 e. The molecule has 1 spiro atoms. The predicted octanol–water partition coefficient (Wildman–Crippen LogP) is 3.30. The van der Waals surface area contributed by atoms with Crippen molar-refractivity contribution in [2.24, 2.45) is 5.92 Å². The molecule has 2 saturated carbocycles. The largest absolute Gasteiger partial charge is 0.350 e. The highest BCUT2D eigenvalue weighted by Gasteiger charge is 2.46. The van der Waals surface area contributed by atoms with Gasteiger partial charge in [0.1, 0.15) is 22.9 Å². The maximum absolute atomic E-state index is 13.7. The SMILES string of the molecule is Cc1c2c(c(=O)n3c1C(=O)NC31CCCCC1)Nc1cc(NC(=O)C3CCC3)ncc1C2. The molecule has 6 rings (SSSR count). The molecule has 2 aliphatic heterocycles. The Hall–Kier alpha value is -3.16. The number of fused-ring (bicyclic) bond motifs is 4. The summed E-state index contributed by atoms with van der Waals surface area (Å²) in [6.07, 6.45) is 9.90. The van der Waals surface area contributed by atoms with Crippen molar-refractivity contribution >= 4 is 29.0 Å². The van der Waals surface area contributed by atoms with Gasteiger partial charge in [-0.05, 0) is 62.1 Å². The summed E-state index contributed by atoms with van der Waals surface area (Å²) < 4.78 is 1.72. The molecule has 3 N–H and O–H groups in total. The number of hydrogen-bond donors (Lipinski definition) is 3. The quantitative estimate of drug-likeness (QED) is 0.575. The lowest BCUT2D eigenvalue weighted by atomic mass is 9.85. The minimum absolute atomic E-state index is 0.0115. The molecule has 2 aromatic rings. The van der Waals surface area contributed by atoms with Crippen LogP contribution in [0.25, 0.3) is 0 Å². The molecular weight excluding hydrogens is 406 g/mol. The Kier molecular flexibility index (Phi) is 4.22. The molecule has 0 atom stereocenters. The van der Waals surface area contributed by atoms with Crippen molar-refractivity contribution in [3.63, 3.8) is 0 Å². The summed E-state index contributed by atoms with van der Waals surface area (Å²) >= 11 is 0. The van der Waals surface area contributed by atoms with Gasteiger partial charge in [-0.2, -0.15) is 0 Å². The lowest BCUT2D eigenvalue weighted by Crippen LogP contribution is -2.49. The first-order valence-electron chi connectivity index (χ1n) is 11.7. The maximum atomic E-state index is 13.7. The number of aromatic nitrogens is 2. The number of carbonyl (C=O) groups is 2. The number of nitrogens with one attached hydrogen (secondary N) is 3. The highest BCUT2D eigenvalue weighted by atomic mass is 16.2. The molecule has 4 aliphatic rings. The molecule has 0 unspecified atom stereocenters. The van der Waals surface area contributed by atoms with Gasteiger partial charge in [-0.1, -0.05) is 12.8 Å². The molecule has 32 heavy (non-hydrogen) atoms. The molecule has 2 fully saturated rings. The molecule has 2 aliphatic carbocycles. The van der Waals surface area contributed by atoms with Gasteiger partial charge in [0, 0.05) is 30.3 Å². The fraction of sp³-hybridized carbons (Fsp3) is 0.500. The van der Waals surface area contributed by atoms with Gasteiger partial charge in [-0.3, -0.25) is 19.0 Å². The molecule has 0 aromatic carbocycles. The predicted molar refractivity (Wildman–Crippen MR) is 120 cm³/mol. The summed E-state index contributed by atoms with van der Waals surface area (Å²) in [5.74, 6) is 0.433. The first-order chi connectivity index (χ1) is 15.5. The van der Waals surface area contributed by atoms with Crippen LogP contribution in [0.5, 0.6) is 0 Å². The Bertz CT molecular complexity index is 1220. The molecule has 2 aromatic heterocycles. The second-order valence-electron chi connectivity index (χ2n) is 9.66. The molecule has 4 heterocycles. The summed E-state index contributed by atoms with van der Waals surface area (Å²) in [4.78, 5) is 43.4. The normalized spacial score (nSPS) is 20.5. The standard InChI is InChI=1S/C24H27N5O3/c1-13-16-10-15-12-25-18(27-21(30)14-6-5-7-14)11-17(15)26-19(16)23(32)29-20(13)22(31)28-24(29)8-3-2-4-9-24/h11-12,14,26H,2-10H2,1H3,(H,28,31)(H,25,27,30). The zero-order chi connectivity index (χ0) is 22.0. The number of hydrogen-bond acceptors (Lipinski definition) is 5. The Balaban J connectivity index is 1.40. The van der Waals surface area contributed by atoms with Crippen LogP contribution in [0.3, 0.4) is 0 Å². The van der Waals surface area contributed by atoms with E-state index in [1.165, 1.54) is 0 Å². The van der Waals surface area contributed by atoms with Gasteiger partial charge in [0.25, 0.3) is 11.5 Å². The smallest absolute Gasteiger partial charge is 0.277 e. The summed E-state index contributed by atoms with van der Waals surface area (Å²) in [5.41, 5.74) is 3.69. The fourth-order valence-corrected chi connectivity index (χ4v) is 5.72. The highest BCUT2D eigenvalue weighted by Crippen LogP contribution is 2.41. The average Bonchev–Trinajstić information content (AvgIpc) is 3.01. The van der Waals surface area contributed by atoms with E-state index in [1.54, 1.807) is 16.8 Å². The Morgan fingerprint density at radius 1 is 1.19 bits per heavy atom. The molecule has 0 saturated heterocycles. The van der Waals surface area contributed by atoms with E-state index in [4.69, 9.17) is 0 Å². The van der Waals surface area contributed by atoms with Crippen LogP contribution < -0.4 is 21.5 Å². The van der Waals surface area contributed by atoms with E-state index in [0.29, 0.717) is 23.6 Å². The first-order valence-corrected chi connectivity index (χ1v) is 11.7. The Morgan fingerprint density at radius 3 is 2.69 bits per heavy atom. The van der Waals surface area contributed by atoms with E-state index in [1.807, 2.05) is 6.92 Å². The van der Waals surface area contributed by atoms with Gasteiger partial charge in [-0.15, -0.1) is 0 Å². The van der Waals surface area contributed by atoms with Crippen molar-refractivity contribution < 1.29 is 9.59 Å². The maximum Gasteiger partial charge on any atom is 0.277 e. The van der Waals surface area contributed by atoms with Crippen molar-refractivity contribution in [2.75, 3.05) is 10.6 Å². The lowest BCUT2D eigenvalue weighted by molar-refractivity contribution is -0.122. The zero-order valence-electron chi connectivity index (χ0n) is 18.2. The van der Waals surface area contributed by atoms with E-state index < -0.39 is 5.66 Å². The second-order valence-corrected chi connectivity index (χ2v) is 9.66. The van der Waals surface area contributed by atoms with Gasteiger partial charge in [0.15, 0.2) is 0 Å². The number of nitrogens with zero attached hydrogens (tertiary/aromatic N) is 2. The number of carbonyl (C=O) groups excluding carboxylic acids is 2. The van der Waals surface area contributed by atoms with Crippen molar-refractivity contribution in [2.45, 2.75) is 70.4 Å². The lowest BCUT2D eigenvalue weighted by Gasteiger charge is -2.36. The van der Waals surface area contributed by atoms with Gasteiger partial charge in [0.05, 0.1) is 0 Å². The summed E-state index contributed by atoms with van der Waals surface area (Å²) in [6, 6.07) is 1.81. The van der Waals surface area contributed by atoms with E-state index in [2.05, 4.69) is 20.9 Å². The molecule has 2 amide bonds. The topological polar surface area (TPSA) is 105 Å². The molecule has 8 nitrogen and oxygen atoms in total. The summed E-state index contributed by atoms with van der Waals surface area (Å²) in [7, 11) is 0. The van der Waals surface area contributed by atoms with Crippen LogP contribution in [0.15, 0.2) is 17.1 Å². The first kappa shape index (κ1) is 19.5. The third-order valence-electron chi connectivity index (χ3n) is 7.76. The van der Waals surface area contributed by atoms with Gasteiger partial charge in [-0.25, -0.2) is 4.98 Å². The number of pyridine rings is 2. The van der Waals surface area contributed by atoms with Crippen molar-refractivity contribution in [1.82, 2.24) is 14.9 Å². The van der Waals surface area contributed by atoms with Crippen LogP contribution in [-0.2, 0) is 16.9 Å². The number of anilines is 3. The number of amides is 2. The minimum atomic E-state index is -0.607. The van der Waals surface area contributed by atoms with Gasteiger partial charge in [0.2, 0.25) is 5.91 Å². The van der Waals surface area contributed by atoms with Gasteiger partial charge < -0.3 is 16.0 Å². The monoisotopic (exact) mass is 433 g/mol. The average molecular weight is 434 g/mol. The third kappa shape index (κ3) is 2.74. The van der Waals surface area contributed by atoms with E-state index >= 15 is 0 Å². The molecule has 8 heteroatoms. The molecule has 166 valence electrons. The second kappa shape index (κ2) is 6.92. The van der Waals surface area contributed by atoms with Crippen molar-refractivity contribution in [3.05, 3.63) is 45.0 Å². The van der Waals surface area contributed by atoms with E-state index in [9.17, 15) is 14.4 Å². The summed E-state index contributed by atoms with van der Waals surface area (Å²) in [6.45, 7) is 1.93. The van der Waals surface area contributed by atoms with Crippen molar-refractivity contribution in [3.8, 4) is 0 Å². The molecular formula is C24H27N5O3. The Morgan fingerprint density at radius 2 is 1.97 bits per heavy atom. The third-order valence-corrected chi connectivity index (χ3v) is 7.76. The van der Waals surface area contributed by atoms with Crippen LogP contribution >= 0.6 is 0 Å². The fourth-order valence-electron chi connectivity index (χ4n) is 5.72.